The molecular formula is C11H10ClNOS2. The molecule has 5 heteroatoms. The van der Waals surface area contributed by atoms with Crippen molar-refractivity contribution in [3.05, 3.63) is 28.8 Å². The number of halogens is 1. The lowest BCUT2D eigenvalue weighted by atomic mass is 10.2. The second kappa shape index (κ2) is 4.35. The SMILES string of the molecule is Cc1ccc(N2C(=O)C(C)SC2=S)cc1Cl. The molecule has 2 nitrogen and oxygen atoms in total. The molecule has 0 saturated carbocycles. The Balaban J connectivity index is 2.41. The van der Waals surface area contributed by atoms with Gasteiger partial charge in [-0.2, -0.15) is 0 Å². The number of hydrogen-bond donors (Lipinski definition) is 0. The predicted octanol–water partition coefficient (Wildman–Crippen LogP) is 3.40. The van der Waals surface area contributed by atoms with Crippen LogP contribution in [0.15, 0.2) is 18.2 Å². The summed E-state index contributed by atoms with van der Waals surface area (Å²) >= 11 is 12.6. The molecule has 0 radical (unpaired) electrons. The van der Waals surface area contributed by atoms with Crippen molar-refractivity contribution in [2.75, 3.05) is 4.90 Å². The lowest BCUT2D eigenvalue weighted by Crippen LogP contribution is -2.30. The van der Waals surface area contributed by atoms with Gasteiger partial charge in [-0.25, -0.2) is 0 Å². The first kappa shape index (κ1) is 11.9. The van der Waals surface area contributed by atoms with E-state index in [4.69, 9.17) is 23.8 Å². The van der Waals surface area contributed by atoms with E-state index in [1.807, 2.05) is 26.0 Å². The van der Waals surface area contributed by atoms with Crippen molar-refractivity contribution in [1.29, 1.82) is 0 Å². The minimum Gasteiger partial charge on any atom is -0.273 e. The van der Waals surface area contributed by atoms with E-state index in [0.717, 1.165) is 11.3 Å². The molecule has 2 rings (SSSR count). The van der Waals surface area contributed by atoms with E-state index < -0.39 is 0 Å². The van der Waals surface area contributed by atoms with E-state index in [1.54, 1.807) is 11.0 Å². The molecule has 1 fully saturated rings. The lowest BCUT2D eigenvalue weighted by molar-refractivity contribution is -0.116. The summed E-state index contributed by atoms with van der Waals surface area (Å²) in [5, 5.41) is 0.547. The van der Waals surface area contributed by atoms with Gasteiger partial charge in [0, 0.05) is 5.02 Å². The standard InChI is InChI=1S/C11H10ClNOS2/c1-6-3-4-8(5-9(6)12)13-10(14)7(2)16-11(13)15/h3-5,7H,1-2H3. The molecule has 1 atom stereocenters. The first-order chi connectivity index (χ1) is 7.50. The molecule has 1 unspecified atom stereocenters. The third kappa shape index (κ3) is 1.97. The molecule has 0 bridgehead atoms. The molecule has 16 heavy (non-hydrogen) atoms. The van der Waals surface area contributed by atoms with Gasteiger partial charge in [-0.1, -0.05) is 41.6 Å². The fourth-order valence-electron chi connectivity index (χ4n) is 1.48. The van der Waals surface area contributed by atoms with Gasteiger partial charge in [-0.3, -0.25) is 9.69 Å². The van der Waals surface area contributed by atoms with Crippen LogP contribution in [0.25, 0.3) is 0 Å². The summed E-state index contributed by atoms with van der Waals surface area (Å²) in [7, 11) is 0. The topological polar surface area (TPSA) is 20.3 Å². The third-order valence-corrected chi connectivity index (χ3v) is 4.26. The number of rotatable bonds is 1. The maximum atomic E-state index is 11.9. The quantitative estimate of drug-likeness (QED) is 0.730. The molecule has 1 aliphatic rings. The van der Waals surface area contributed by atoms with Gasteiger partial charge < -0.3 is 0 Å². The number of thiocarbonyl (C=S) groups is 1. The van der Waals surface area contributed by atoms with E-state index in [-0.39, 0.29) is 11.2 Å². The van der Waals surface area contributed by atoms with Crippen LogP contribution in [0.5, 0.6) is 0 Å². The van der Waals surface area contributed by atoms with Gasteiger partial charge in [0.15, 0.2) is 0 Å². The predicted molar refractivity (Wildman–Crippen MR) is 73.3 cm³/mol. The maximum absolute atomic E-state index is 11.9. The number of anilines is 1. The van der Waals surface area contributed by atoms with Crippen molar-refractivity contribution >= 4 is 51.5 Å². The summed E-state index contributed by atoms with van der Waals surface area (Å²) < 4.78 is 0.595. The van der Waals surface area contributed by atoms with E-state index in [0.29, 0.717) is 9.34 Å². The van der Waals surface area contributed by atoms with Crippen molar-refractivity contribution < 1.29 is 4.79 Å². The molecule has 1 aliphatic heterocycles. The average molecular weight is 272 g/mol. The Bertz CT molecular complexity index is 475. The molecule has 1 saturated heterocycles. The summed E-state index contributed by atoms with van der Waals surface area (Å²) in [5.74, 6) is 0.0231. The Morgan fingerprint density at radius 1 is 1.50 bits per heavy atom. The Morgan fingerprint density at radius 3 is 2.69 bits per heavy atom. The maximum Gasteiger partial charge on any atom is 0.245 e. The highest BCUT2D eigenvalue weighted by atomic mass is 35.5. The molecule has 1 amide bonds. The van der Waals surface area contributed by atoms with Crippen LogP contribution in [-0.4, -0.2) is 15.5 Å². The van der Waals surface area contributed by atoms with Crippen LogP contribution >= 0.6 is 35.6 Å². The van der Waals surface area contributed by atoms with Crippen molar-refractivity contribution in [2.45, 2.75) is 19.1 Å². The molecule has 0 aromatic heterocycles. The van der Waals surface area contributed by atoms with Gasteiger partial charge in [-0.15, -0.1) is 0 Å². The number of nitrogens with zero attached hydrogens (tertiary/aromatic N) is 1. The molecule has 1 aromatic carbocycles. The molecule has 1 heterocycles. The van der Waals surface area contributed by atoms with E-state index >= 15 is 0 Å². The Labute approximate surface area is 109 Å². The summed E-state index contributed by atoms with van der Waals surface area (Å²) in [6.07, 6.45) is 0. The Hall–Kier alpha value is -0.580. The van der Waals surface area contributed by atoms with Crippen LogP contribution in [0.3, 0.4) is 0 Å². The molecule has 1 aromatic rings. The van der Waals surface area contributed by atoms with Crippen LogP contribution in [-0.2, 0) is 4.79 Å². The smallest absolute Gasteiger partial charge is 0.245 e. The highest BCUT2D eigenvalue weighted by Crippen LogP contribution is 2.33. The molecule has 0 N–H and O–H groups in total. The van der Waals surface area contributed by atoms with Crippen LogP contribution in [0.2, 0.25) is 5.02 Å². The van der Waals surface area contributed by atoms with Crippen molar-refractivity contribution in [1.82, 2.24) is 0 Å². The van der Waals surface area contributed by atoms with Gasteiger partial charge >= 0.3 is 0 Å². The van der Waals surface area contributed by atoms with Crippen LogP contribution in [0.1, 0.15) is 12.5 Å². The van der Waals surface area contributed by atoms with Crippen molar-refractivity contribution in [2.24, 2.45) is 0 Å². The first-order valence-corrected chi connectivity index (χ1v) is 6.48. The zero-order valence-electron chi connectivity index (χ0n) is 8.86. The largest absolute Gasteiger partial charge is 0.273 e. The zero-order valence-corrected chi connectivity index (χ0v) is 11.2. The van der Waals surface area contributed by atoms with Gasteiger partial charge in [0.2, 0.25) is 5.91 Å². The number of carbonyl (C=O) groups excluding carboxylic acids is 1. The highest BCUT2D eigenvalue weighted by Gasteiger charge is 2.34. The number of thioether (sulfide) groups is 1. The number of carbonyl (C=O) groups is 1. The molecule has 0 aliphatic carbocycles. The normalized spacial score (nSPS) is 20.7. The van der Waals surface area contributed by atoms with Gasteiger partial charge in [0.25, 0.3) is 0 Å². The van der Waals surface area contributed by atoms with Crippen molar-refractivity contribution in [3.63, 3.8) is 0 Å². The fourth-order valence-corrected chi connectivity index (χ4v) is 3.09. The average Bonchev–Trinajstić information content (AvgIpc) is 2.47. The van der Waals surface area contributed by atoms with E-state index in [9.17, 15) is 4.79 Å². The van der Waals surface area contributed by atoms with Gasteiger partial charge in [-0.05, 0) is 31.5 Å². The van der Waals surface area contributed by atoms with Gasteiger partial charge in [0.05, 0.1) is 10.9 Å². The molecule has 84 valence electrons. The Morgan fingerprint density at radius 2 is 2.19 bits per heavy atom. The fraction of sp³-hybridized carbons (Fsp3) is 0.273. The summed E-state index contributed by atoms with van der Waals surface area (Å²) in [5.41, 5.74) is 1.74. The van der Waals surface area contributed by atoms with Crippen LogP contribution < -0.4 is 4.90 Å². The molecule has 0 spiro atoms. The number of aryl methyl sites for hydroxylation is 1. The van der Waals surface area contributed by atoms with Gasteiger partial charge in [0.1, 0.15) is 4.32 Å². The lowest BCUT2D eigenvalue weighted by Gasteiger charge is -2.16. The monoisotopic (exact) mass is 271 g/mol. The number of amides is 1. The second-order valence-electron chi connectivity index (χ2n) is 3.63. The summed E-state index contributed by atoms with van der Waals surface area (Å²) in [6.45, 7) is 3.78. The van der Waals surface area contributed by atoms with E-state index in [1.165, 1.54) is 11.8 Å². The zero-order chi connectivity index (χ0) is 11.9. The third-order valence-electron chi connectivity index (χ3n) is 2.44. The van der Waals surface area contributed by atoms with Crippen molar-refractivity contribution in [3.8, 4) is 0 Å². The van der Waals surface area contributed by atoms with Crippen LogP contribution in [0.4, 0.5) is 5.69 Å². The number of hydrogen-bond acceptors (Lipinski definition) is 3. The summed E-state index contributed by atoms with van der Waals surface area (Å²) in [6, 6.07) is 5.53. The molecular weight excluding hydrogens is 262 g/mol. The minimum atomic E-state index is -0.104. The summed E-state index contributed by atoms with van der Waals surface area (Å²) in [4.78, 5) is 13.4. The van der Waals surface area contributed by atoms with Crippen LogP contribution in [0, 0.1) is 6.92 Å². The first-order valence-electron chi connectivity index (χ1n) is 4.81. The van der Waals surface area contributed by atoms with E-state index in [2.05, 4.69) is 0 Å². The second-order valence-corrected chi connectivity index (χ2v) is 6.01. The number of benzene rings is 1. The Kier molecular flexibility index (Phi) is 3.24. The highest BCUT2D eigenvalue weighted by molar-refractivity contribution is 8.25. The minimum absolute atomic E-state index is 0.0231.